The van der Waals surface area contributed by atoms with Gasteiger partial charge in [-0.05, 0) is 50.0 Å². The summed E-state index contributed by atoms with van der Waals surface area (Å²) in [4.78, 5) is 14.6. The van der Waals surface area contributed by atoms with Gasteiger partial charge < -0.3 is 19.7 Å². The summed E-state index contributed by atoms with van der Waals surface area (Å²) in [6, 6.07) is 3.68. The quantitative estimate of drug-likeness (QED) is 0.913. The van der Waals surface area contributed by atoms with Gasteiger partial charge in [-0.1, -0.05) is 11.6 Å². The maximum Gasteiger partial charge on any atom is 0.227 e. The van der Waals surface area contributed by atoms with Crippen LogP contribution < -0.4 is 14.8 Å². The lowest BCUT2D eigenvalue weighted by molar-refractivity contribution is -0.132. The van der Waals surface area contributed by atoms with Crippen LogP contribution in [-0.2, 0) is 11.2 Å². The first kappa shape index (κ1) is 16.4. The summed E-state index contributed by atoms with van der Waals surface area (Å²) < 4.78 is 11.1. The molecule has 2 aliphatic heterocycles. The van der Waals surface area contributed by atoms with Crippen molar-refractivity contribution >= 4 is 17.5 Å². The molecule has 0 aliphatic carbocycles. The molecule has 2 aliphatic rings. The van der Waals surface area contributed by atoms with Crippen LogP contribution in [0.3, 0.4) is 0 Å². The van der Waals surface area contributed by atoms with Gasteiger partial charge in [0.05, 0.1) is 11.4 Å². The molecule has 6 heteroatoms. The molecule has 1 aromatic carbocycles. The Bertz CT molecular complexity index is 577. The first-order valence-electron chi connectivity index (χ1n) is 8.17. The van der Waals surface area contributed by atoms with Crippen molar-refractivity contribution in [2.24, 2.45) is 5.92 Å². The standard InChI is InChI=1S/C17H23ClN2O3/c1-19-10-12-3-2-4-20(11-12)16(21)9-13-7-14(18)17-15(8-13)22-5-6-23-17/h7-8,12,19H,2-6,9-11H2,1H3. The molecule has 1 atom stereocenters. The van der Waals surface area contributed by atoms with Gasteiger partial charge in [-0.25, -0.2) is 0 Å². The van der Waals surface area contributed by atoms with E-state index in [1.54, 1.807) is 0 Å². The molecule has 0 aromatic heterocycles. The molecule has 23 heavy (non-hydrogen) atoms. The average Bonchev–Trinajstić information content (AvgIpc) is 2.55. The Hall–Kier alpha value is -1.46. The lowest BCUT2D eigenvalue weighted by atomic mass is 9.97. The summed E-state index contributed by atoms with van der Waals surface area (Å²) in [7, 11) is 1.96. The molecule has 1 fully saturated rings. The molecule has 126 valence electrons. The number of hydrogen-bond donors (Lipinski definition) is 1. The number of likely N-dealkylation sites (tertiary alicyclic amines) is 1. The number of rotatable bonds is 4. The second-order valence-electron chi connectivity index (χ2n) is 6.18. The molecule has 1 aromatic rings. The first-order valence-corrected chi connectivity index (χ1v) is 8.55. The number of halogens is 1. The highest BCUT2D eigenvalue weighted by Crippen LogP contribution is 2.38. The smallest absolute Gasteiger partial charge is 0.227 e. The second-order valence-corrected chi connectivity index (χ2v) is 6.59. The maximum atomic E-state index is 12.6. The Balaban J connectivity index is 1.67. The number of benzene rings is 1. The van der Waals surface area contributed by atoms with Crippen molar-refractivity contribution in [3.63, 3.8) is 0 Å². The fourth-order valence-corrected chi connectivity index (χ4v) is 3.59. The predicted molar refractivity (Wildman–Crippen MR) is 89.4 cm³/mol. The van der Waals surface area contributed by atoms with Crippen LogP contribution in [-0.4, -0.2) is 50.7 Å². The molecule has 5 nitrogen and oxygen atoms in total. The summed E-state index contributed by atoms with van der Waals surface area (Å²) >= 11 is 6.24. The van der Waals surface area contributed by atoms with Gasteiger partial charge in [0.2, 0.25) is 5.91 Å². The molecule has 2 heterocycles. The van der Waals surface area contributed by atoms with Gasteiger partial charge >= 0.3 is 0 Å². The topological polar surface area (TPSA) is 50.8 Å². The van der Waals surface area contributed by atoms with E-state index in [0.29, 0.717) is 42.1 Å². The van der Waals surface area contributed by atoms with Gasteiger partial charge in [-0.3, -0.25) is 4.79 Å². The van der Waals surface area contributed by atoms with E-state index in [0.717, 1.165) is 31.6 Å². The van der Waals surface area contributed by atoms with E-state index in [-0.39, 0.29) is 5.91 Å². The zero-order valence-corrected chi connectivity index (χ0v) is 14.2. The van der Waals surface area contributed by atoms with Crippen LogP contribution in [0.4, 0.5) is 0 Å². The minimum Gasteiger partial charge on any atom is -0.486 e. The lowest BCUT2D eigenvalue weighted by Crippen LogP contribution is -2.43. The Morgan fingerprint density at radius 2 is 2.22 bits per heavy atom. The average molecular weight is 339 g/mol. The van der Waals surface area contributed by atoms with Crippen LogP contribution >= 0.6 is 11.6 Å². The van der Waals surface area contributed by atoms with Crippen LogP contribution in [0.1, 0.15) is 18.4 Å². The number of nitrogens with zero attached hydrogens (tertiary/aromatic N) is 1. The number of carbonyl (C=O) groups is 1. The normalized spacial score (nSPS) is 20.4. The van der Waals surface area contributed by atoms with Crippen molar-refractivity contribution in [1.82, 2.24) is 10.2 Å². The third-order valence-corrected chi connectivity index (χ3v) is 4.66. The van der Waals surface area contributed by atoms with Crippen molar-refractivity contribution in [2.45, 2.75) is 19.3 Å². The minimum absolute atomic E-state index is 0.151. The summed E-state index contributed by atoms with van der Waals surface area (Å²) in [6.45, 7) is 3.65. The van der Waals surface area contributed by atoms with E-state index in [1.807, 2.05) is 24.1 Å². The highest BCUT2D eigenvalue weighted by molar-refractivity contribution is 6.32. The van der Waals surface area contributed by atoms with Crippen LogP contribution in [0.25, 0.3) is 0 Å². The largest absolute Gasteiger partial charge is 0.486 e. The molecule has 1 amide bonds. The zero-order valence-electron chi connectivity index (χ0n) is 13.4. The summed E-state index contributed by atoms with van der Waals surface area (Å²) in [5, 5.41) is 3.71. The molecular formula is C17H23ClN2O3. The van der Waals surface area contributed by atoms with E-state index < -0.39 is 0 Å². The molecule has 1 saturated heterocycles. The van der Waals surface area contributed by atoms with Crippen molar-refractivity contribution in [2.75, 3.05) is 39.9 Å². The van der Waals surface area contributed by atoms with Gasteiger partial charge in [0.15, 0.2) is 11.5 Å². The van der Waals surface area contributed by atoms with Crippen molar-refractivity contribution in [1.29, 1.82) is 0 Å². The number of fused-ring (bicyclic) bond motifs is 1. The third kappa shape index (κ3) is 3.90. The fourth-order valence-electron chi connectivity index (χ4n) is 3.30. The van der Waals surface area contributed by atoms with Gasteiger partial charge in [-0.2, -0.15) is 0 Å². The van der Waals surface area contributed by atoms with Gasteiger partial charge in [0.25, 0.3) is 0 Å². The fraction of sp³-hybridized carbons (Fsp3) is 0.588. The van der Waals surface area contributed by atoms with E-state index in [4.69, 9.17) is 21.1 Å². The SMILES string of the molecule is CNCC1CCCN(C(=O)Cc2cc(Cl)c3c(c2)OCCO3)C1. The molecule has 0 radical (unpaired) electrons. The molecule has 3 rings (SSSR count). The number of amides is 1. The molecular weight excluding hydrogens is 316 g/mol. The van der Waals surface area contributed by atoms with Gasteiger partial charge in [0, 0.05) is 13.1 Å². The lowest BCUT2D eigenvalue weighted by Gasteiger charge is -2.33. The van der Waals surface area contributed by atoms with E-state index in [9.17, 15) is 4.79 Å². The van der Waals surface area contributed by atoms with E-state index in [2.05, 4.69) is 5.32 Å². The number of hydrogen-bond acceptors (Lipinski definition) is 4. The number of piperidine rings is 1. The Morgan fingerprint density at radius 3 is 3.04 bits per heavy atom. The molecule has 0 bridgehead atoms. The molecule has 0 saturated carbocycles. The summed E-state index contributed by atoms with van der Waals surface area (Å²) in [5.74, 6) is 1.92. The van der Waals surface area contributed by atoms with Crippen molar-refractivity contribution in [3.8, 4) is 11.5 Å². The monoisotopic (exact) mass is 338 g/mol. The van der Waals surface area contributed by atoms with E-state index in [1.165, 1.54) is 6.42 Å². The Labute approximate surface area is 141 Å². The Kier molecular flexibility index (Phi) is 5.28. The number of nitrogens with one attached hydrogen (secondary N) is 1. The van der Waals surface area contributed by atoms with Crippen LogP contribution in [0, 0.1) is 5.92 Å². The number of carbonyl (C=O) groups excluding carboxylic acids is 1. The highest BCUT2D eigenvalue weighted by atomic mass is 35.5. The van der Waals surface area contributed by atoms with Crippen molar-refractivity contribution < 1.29 is 14.3 Å². The number of ether oxygens (including phenoxy) is 2. The molecule has 1 N–H and O–H groups in total. The van der Waals surface area contributed by atoms with Crippen LogP contribution in [0.5, 0.6) is 11.5 Å². The highest BCUT2D eigenvalue weighted by Gasteiger charge is 2.24. The summed E-state index contributed by atoms with van der Waals surface area (Å²) in [6.07, 6.45) is 2.60. The maximum absolute atomic E-state index is 12.6. The summed E-state index contributed by atoms with van der Waals surface area (Å²) in [5.41, 5.74) is 0.875. The van der Waals surface area contributed by atoms with Crippen molar-refractivity contribution in [3.05, 3.63) is 22.7 Å². The van der Waals surface area contributed by atoms with Gasteiger partial charge in [-0.15, -0.1) is 0 Å². The zero-order chi connectivity index (χ0) is 16.2. The van der Waals surface area contributed by atoms with Gasteiger partial charge in [0.1, 0.15) is 13.2 Å². The third-order valence-electron chi connectivity index (χ3n) is 4.38. The molecule has 0 spiro atoms. The van der Waals surface area contributed by atoms with Crippen LogP contribution in [0.2, 0.25) is 5.02 Å². The van der Waals surface area contributed by atoms with Crippen LogP contribution in [0.15, 0.2) is 12.1 Å². The minimum atomic E-state index is 0.151. The first-order chi connectivity index (χ1) is 11.2. The molecule has 1 unspecified atom stereocenters. The predicted octanol–water partition coefficient (Wildman–Crippen LogP) is 2.11. The van der Waals surface area contributed by atoms with E-state index >= 15 is 0 Å². The Morgan fingerprint density at radius 1 is 1.39 bits per heavy atom. The second kappa shape index (κ2) is 7.41.